The van der Waals surface area contributed by atoms with E-state index in [0.29, 0.717) is 34.1 Å². The third-order valence-corrected chi connectivity index (χ3v) is 5.77. The highest BCUT2D eigenvalue weighted by Crippen LogP contribution is 2.33. The lowest BCUT2D eigenvalue weighted by Crippen LogP contribution is -2.28. The topological polar surface area (TPSA) is 137 Å². The lowest BCUT2D eigenvalue weighted by Gasteiger charge is -2.18. The molecule has 0 saturated carbocycles. The van der Waals surface area contributed by atoms with Crippen LogP contribution in [0, 0.1) is 6.92 Å². The van der Waals surface area contributed by atoms with Gasteiger partial charge >= 0.3 is 0 Å². The van der Waals surface area contributed by atoms with E-state index in [1.165, 1.54) is 6.33 Å². The molecule has 35 heavy (non-hydrogen) atoms. The van der Waals surface area contributed by atoms with E-state index in [-0.39, 0.29) is 17.3 Å². The lowest BCUT2D eigenvalue weighted by molar-refractivity contribution is 0.0926. The van der Waals surface area contributed by atoms with E-state index in [2.05, 4.69) is 40.8 Å². The van der Waals surface area contributed by atoms with Crippen molar-refractivity contribution in [3.63, 3.8) is 0 Å². The second-order valence-corrected chi connectivity index (χ2v) is 9.52. The smallest absolute Gasteiger partial charge is 0.293 e. The number of aromatic nitrogens is 7. The van der Waals surface area contributed by atoms with Gasteiger partial charge in [-0.1, -0.05) is 43.6 Å². The molecular formula is C23H26ClN9O2. The molecule has 1 atom stereocenters. The summed E-state index contributed by atoms with van der Waals surface area (Å²) in [4.78, 5) is 29.8. The number of nitrogens with zero attached hydrogens (tertiary/aromatic N) is 7. The van der Waals surface area contributed by atoms with E-state index >= 15 is 0 Å². The van der Waals surface area contributed by atoms with E-state index in [1.807, 2.05) is 66.1 Å². The molecule has 0 bridgehead atoms. The molecule has 12 heteroatoms. The van der Waals surface area contributed by atoms with Crippen molar-refractivity contribution in [3.8, 4) is 11.4 Å². The number of hydrogen-bond acceptors (Lipinski definition) is 9. The second kappa shape index (κ2) is 9.41. The maximum atomic E-state index is 12.7. The van der Waals surface area contributed by atoms with Gasteiger partial charge in [0.25, 0.3) is 11.7 Å². The first kappa shape index (κ1) is 24.3. The summed E-state index contributed by atoms with van der Waals surface area (Å²) in [5.41, 5.74) is 1.93. The molecule has 3 aromatic heterocycles. The highest BCUT2D eigenvalue weighted by Gasteiger charge is 2.25. The van der Waals surface area contributed by atoms with Crippen LogP contribution in [0.25, 0.3) is 11.4 Å². The van der Waals surface area contributed by atoms with Crippen molar-refractivity contribution in [2.24, 2.45) is 7.05 Å². The van der Waals surface area contributed by atoms with Crippen molar-refractivity contribution in [1.29, 1.82) is 0 Å². The predicted molar refractivity (Wildman–Crippen MR) is 130 cm³/mol. The average molecular weight is 496 g/mol. The minimum Gasteiger partial charge on any atom is -0.343 e. The normalized spacial score (nSPS) is 12.4. The van der Waals surface area contributed by atoms with Gasteiger partial charge in [-0.05, 0) is 31.0 Å². The van der Waals surface area contributed by atoms with Crippen LogP contribution in [0.5, 0.6) is 0 Å². The molecule has 0 radical (unpaired) electrons. The molecule has 11 nitrogen and oxygen atoms in total. The predicted octanol–water partition coefficient (Wildman–Crippen LogP) is 4.15. The van der Waals surface area contributed by atoms with Gasteiger partial charge in [0, 0.05) is 30.3 Å². The Morgan fingerprint density at radius 3 is 2.60 bits per heavy atom. The molecule has 0 saturated heterocycles. The van der Waals surface area contributed by atoms with Gasteiger partial charge in [0.15, 0.2) is 11.6 Å². The quantitative estimate of drug-likeness (QED) is 0.404. The molecule has 1 amide bonds. The molecule has 0 spiro atoms. The molecular weight excluding hydrogens is 470 g/mol. The van der Waals surface area contributed by atoms with E-state index in [1.54, 1.807) is 4.68 Å². The number of rotatable bonds is 6. The summed E-state index contributed by atoms with van der Waals surface area (Å²) < 4.78 is 6.89. The summed E-state index contributed by atoms with van der Waals surface area (Å²) in [5, 5.41) is 14.5. The third-order valence-electron chi connectivity index (χ3n) is 5.28. The first-order chi connectivity index (χ1) is 16.5. The van der Waals surface area contributed by atoms with E-state index in [0.717, 1.165) is 11.1 Å². The Balaban J connectivity index is 1.53. The van der Waals surface area contributed by atoms with Crippen LogP contribution in [0.4, 0.5) is 11.8 Å². The lowest BCUT2D eigenvalue weighted by atomic mass is 9.97. The number of benzene rings is 1. The van der Waals surface area contributed by atoms with E-state index < -0.39 is 5.91 Å². The van der Waals surface area contributed by atoms with Crippen LogP contribution >= 0.6 is 11.6 Å². The summed E-state index contributed by atoms with van der Waals surface area (Å²) >= 11 is 6.71. The SMILES string of the molecule is Cc1c([C@@H](C)NC(=O)c2noc(C(C)(C)C)n2)ccc(-c2ncnc(Nc3ccn(C)n3)n2)c1Cl. The Kier molecular flexibility index (Phi) is 6.53. The monoisotopic (exact) mass is 495 g/mol. The van der Waals surface area contributed by atoms with Crippen molar-refractivity contribution in [2.45, 2.75) is 46.1 Å². The molecule has 1 aromatic carbocycles. The first-order valence-corrected chi connectivity index (χ1v) is 11.3. The maximum absolute atomic E-state index is 12.7. The van der Waals surface area contributed by atoms with Crippen molar-refractivity contribution < 1.29 is 9.32 Å². The molecule has 0 aliphatic carbocycles. The number of aryl methyl sites for hydroxylation is 1. The zero-order valence-electron chi connectivity index (χ0n) is 20.3. The Morgan fingerprint density at radius 1 is 1.17 bits per heavy atom. The fourth-order valence-corrected chi connectivity index (χ4v) is 3.64. The van der Waals surface area contributed by atoms with Crippen molar-refractivity contribution >= 4 is 29.3 Å². The van der Waals surface area contributed by atoms with Crippen molar-refractivity contribution in [2.75, 3.05) is 5.32 Å². The summed E-state index contributed by atoms with van der Waals surface area (Å²) in [6.45, 7) is 9.54. The highest BCUT2D eigenvalue weighted by atomic mass is 35.5. The van der Waals surface area contributed by atoms with Crippen molar-refractivity contribution in [1.82, 2.24) is 40.2 Å². The Labute approximate surface area is 207 Å². The van der Waals surface area contributed by atoms with Crippen LogP contribution in [0.15, 0.2) is 35.2 Å². The summed E-state index contributed by atoms with van der Waals surface area (Å²) in [7, 11) is 1.82. The minimum atomic E-state index is -0.431. The Hall–Kier alpha value is -3.86. The van der Waals surface area contributed by atoms with Crippen LogP contribution in [-0.4, -0.2) is 40.8 Å². The Bertz CT molecular complexity index is 1370. The van der Waals surface area contributed by atoms with Gasteiger partial charge in [0.05, 0.1) is 11.1 Å². The van der Waals surface area contributed by atoms with Crippen LogP contribution in [0.2, 0.25) is 5.02 Å². The average Bonchev–Trinajstić information content (AvgIpc) is 3.45. The van der Waals surface area contributed by atoms with E-state index in [9.17, 15) is 4.79 Å². The molecule has 0 unspecified atom stereocenters. The number of anilines is 2. The molecule has 4 aromatic rings. The fourth-order valence-electron chi connectivity index (χ4n) is 3.38. The highest BCUT2D eigenvalue weighted by molar-refractivity contribution is 6.34. The van der Waals surface area contributed by atoms with Gasteiger partial charge in [0.1, 0.15) is 6.33 Å². The number of halogens is 1. The Morgan fingerprint density at radius 2 is 1.94 bits per heavy atom. The van der Waals surface area contributed by atoms with Gasteiger partial charge in [-0.15, -0.1) is 0 Å². The summed E-state index contributed by atoms with van der Waals surface area (Å²) in [6, 6.07) is 5.15. The van der Waals surface area contributed by atoms with Crippen LogP contribution in [0.1, 0.15) is 61.4 Å². The molecule has 182 valence electrons. The number of amides is 1. The number of carbonyl (C=O) groups is 1. The number of nitrogens with one attached hydrogen (secondary N) is 2. The first-order valence-electron chi connectivity index (χ1n) is 10.9. The number of carbonyl (C=O) groups excluding carboxylic acids is 1. The zero-order valence-corrected chi connectivity index (χ0v) is 21.0. The number of hydrogen-bond donors (Lipinski definition) is 2. The van der Waals surface area contributed by atoms with Crippen molar-refractivity contribution in [3.05, 3.63) is 58.6 Å². The van der Waals surface area contributed by atoms with Crippen LogP contribution in [0.3, 0.4) is 0 Å². The van der Waals surface area contributed by atoms with Crippen LogP contribution < -0.4 is 10.6 Å². The summed E-state index contributed by atoms with van der Waals surface area (Å²) in [5.74, 6) is 1.33. The minimum absolute atomic E-state index is 0.0136. The maximum Gasteiger partial charge on any atom is 0.293 e. The van der Waals surface area contributed by atoms with Gasteiger partial charge in [0.2, 0.25) is 11.8 Å². The molecule has 0 aliphatic rings. The molecule has 0 fully saturated rings. The largest absolute Gasteiger partial charge is 0.343 e. The van der Waals surface area contributed by atoms with Gasteiger partial charge < -0.3 is 15.2 Å². The summed E-state index contributed by atoms with van der Waals surface area (Å²) in [6.07, 6.45) is 3.22. The molecule has 0 aliphatic heterocycles. The van der Waals surface area contributed by atoms with E-state index in [4.69, 9.17) is 16.1 Å². The third kappa shape index (κ3) is 5.29. The van der Waals surface area contributed by atoms with Gasteiger partial charge in [-0.25, -0.2) is 9.97 Å². The van der Waals surface area contributed by atoms with Crippen LogP contribution in [-0.2, 0) is 12.5 Å². The molecule has 4 rings (SSSR count). The van der Waals surface area contributed by atoms with Gasteiger partial charge in [-0.3, -0.25) is 9.48 Å². The molecule has 2 N–H and O–H groups in total. The second-order valence-electron chi connectivity index (χ2n) is 9.14. The zero-order chi connectivity index (χ0) is 25.3. The van der Waals surface area contributed by atoms with Gasteiger partial charge in [-0.2, -0.15) is 15.1 Å². The standard InChI is InChI=1S/C23H26ClN9O2/c1-12-14(13(2)27-20(34)19-29-21(35-32-19)23(3,4)5)7-8-15(17(12)24)18-25-11-26-22(30-18)28-16-9-10-33(6)31-16/h7-11,13H,1-6H3,(H,27,34)(H,25,26,28,30,31)/t13-/m1/s1. The fraction of sp³-hybridized carbons (Fsp3) is 0.348. The molecule has 3 heterocycles.